The number of carbonyl (C=O) groups is 2. The summed E-state index contributed by atoms with van der Waals surface area (Å²) >= 11 is 0. The van der Waals surface area contributed by atoms with E-state index < -0.39 is 0 Å². The third kappa shape index (κ3) is 3.47. The highest BCUT2D eigenvalue weighted by atomic mass is 16.5. The molecule has 1 aromatic carbocycles. The molecule has 0 aromatic heterocycles. The van der Waals surface area contributed by atoms with E-state index >= 15 is 0 Å². The molecule has 4 heteroatoms. The minimum atomic E-state index is -0.299. The van der Waals surface area contributed by atoms with Gasteiger partial charge in [0.15, 0.2) is 0 Å². The minimum absolute atomic E-state index is 0.153. The van der Waals surface area contributed by atoms with E-state index in [2.05, 4.69) is 5.32 Å². The predicted octanol–water partition coefficient (Wildman–Crippen LogP) is 2.31. The Balaban J connectivity index is 2.04. The van der Waals surface area contributed by atoms with Crippen molar-refractivity contribution < 1.29 is 14.3 Å². The van der Waals surface area contributed by atoms with Crippen LogP contribution in [0.5, 0.6) is 0 Å². The lowest BCUT2D eigenvalue weighted by molar-refractivity contribution is -0.149. The fraction of sp³-hybridized carbons (Fsp3) is 0.375. The molecule has 0 spiro atoms. The summed E-state index contributed by atoms with van der Waals surface area (Å²) in [5.41, 5.74) is 0.602. The second kappa shape index (κ2) is 6.89. The number of benzene rings is 1. The Labute approximate surface area is 118 Å². The van der Waals surface area contributed by atoms with Gasteiger partial charge in [-0.05, 0) is 31.9 Å². The summed E-state index contributed by atoms with van der Waals surface area (Å²) in [5, 5.41) is 2.93. The average Bonchev–Trinajstić information content (AvgIpc) is 2.49. The van der Waals surface area contributed by atoms with Crippen LogP contribution in [0.2, 0.25) is 0 Å². The Kier molecular flexibility index (Phi) is 4.93. The number of allylic oxidation sites excluding steroid dienone is 1. The molecule has 1 N–H and O–H groups in total. The maximum atomic E-state index is 12.2. The topological polar surface area (TPSA) is 55.4 Å². The highest BCUT2D eigenvalue weighted by Crippen LogP contribution is 2.21. The van der Waals surface area contributed by atoms with Crippen molar-refractivity contribution in [2.24, 2.45) is 5.92 Å². The molecule has 4 nitrogen and oxygen atoms in total. The van der Waals surface area contributed by atoms with E-state index in [1.54, 1.807) is 19.1 Å². The van der Waals surface area contributed by atoms with E-state index in [4.69, 9.17) is 4.74 Å². The van der Waals surface area contributed by atoms with Crippen molar-refractivity contribution in [2.45, 2.75) is 25.8 Å². The summed E-state index contributed by atoms with van der Waals surface area (Å²) in [4.78, 5) is 24.1. The standard InChI is InChI=1S/C16H19NO3/c1-2-20-16(19)13-10-6-7-11-14(13)17-15(18)12-8-4-3-5-9-12/h3-9,13-14H,2,10-11H2,1H3,(H,17,18)/t13-,14-/m0/s1. The zero-order valence-corrected chi connectivity index (χ0v) is 11.5. The molecule has 0 radical (unpaired) electrons. The van der Waals surface area contributed by atoms with Crippen molar-refractivity contribution in [3.8, 4) is 0 Å². The van der Waals surface area contributed by atoms with E-state index in [0.29, 0.717) is 25.0 Å². The third-order valence-electron chi connectivity index (χ3n) is 3.37. The van der Waals surface area contributed by atoms with E-state index in [0.717, 1.165) is 0 Å². The van der Waals surface area contributed by atoms with Gasteiger partial charge in [-0.15, -0.1) is 0 Å². The zero-order chi connectivity index (χ0) is 14.4. The molecule has 2 rings (SSSR count). The summed E-state index contributed by atoms with van der Waals surface area (Å²) in [6, 6.07) is 8.81. The molecule has 0 bridgehead atoms. The monoisotopic (exact) mass is 273 g/mol. The van der Waals surface area contributed by atoms with E-state index in [9.17, 15) is 9.59 Å². The van der Waals surface area contributed by atoms with E-state index in [-0.39, 0.29) is 23.8 Å². The van der Waals surface area contributed by atoms with Crippen LogP contribution in [0.1, 0.15) is 30.1 Å². The van der Waals surface area contributed by atoms with Gasteiger partial charge in [0.25, 0.3) is 5.91 Å². The SMILES string of the molecule is CCOC(=O)[C@H]1CC=CC[C@@H]1NC(=O)c1ccccc1. The second-order valence-corrected chi connectivity index (χ2v) is 4.75. The lowest BCUT2D eigenvalue weighted by Crippen LogP contribution is -2.44. The van der Waals surface area contributed by atoms with Gasteiger partial charge in [-0.1, -0.05) is 30.4 Å². The molecule has 106 valence electrons. The highest BCUT2D eigenvalue weighted by Gasteiger charge is 2.31. The van der Waals surface area contributed by atoms with Crippen LogP contribution in [0.15, 0.2) is 42.5 Å². The lowest BCUT2D eigenvalue weighted by Gasteiger charge is -2.27. The fourth-order valence-electron chi connectivity index (χ4n) is 2.32. The Morgan fingerprint density at radius 1 is 1.20 bits per heavy atom. The van der Waals surface area contributed by atoms with E-state index in [1.165, 1.54) is 0 Å². The van der Waals surface area contributed by atoms with Gasteiger partial charge in [0.1, 0.15) is 0 Å². The fourth-order valence-corrected chi connectivity index (χ4v) is 2.32. The number of esters is 1. The maximum Gasteiger partial charge on any atom is 0.311 e. The molecule has 0 unspecified atom stereocenters. The number of nitrogens with one attached hydrogen (secondary N) is 1. The summed E-state index contributed by atoms with van der Waals surface area (Å²) in [6.45, 7) is 2.15. The van der Waals surface area contributed by atoms with Crippen LogP contribution in [-0.4, -0.2) is 24.5 Å². The smallest absolute Gasteiger partial charge is 0.311 e. The normalized spacial score (nSPS) is 21.2. The second-order valence-electron chi connectivity index (χ2n) is 4.75. The van der Waals surface area contributed by atoms with Crippen molar-refractivity contribution in [1.82, 2.24) is 5.32 Å². The molecule has 20 heavy (non-hydrogen) atoms. The minimum Gasteiger partial charge on any atom is -0.466 e. The van der Waals surface area contributed by atoms with Crippen LogP contribution in [0.3, 0.4) is 0 Å². The van der Waals surface area contributed by atoms with Gasteiger partial charge in [-0.25, -0.2) is 0 Å². The molecule has 0 fully saturated rings. The summed E-state index contributed by atoms with van der Waals surface area (Å²) < 4.78 is 5.07. The zero-order valence-electron chi connectivity index (χ0n) is 11.5. The maximum absolute atomic E-state index is 12.2. The van der Waals surface area contributed by atoms with Crippen LogP contribution in [-0.2, 0) is 9.53 Å². The van der Waals surface area contributed by atoms with Gasteiger partial charge in [0.05, 0.1) is 12.5 Å². The third-order valence-corrected chi connectivity index (χ3v) is 3.37. The lowest BCUT2D eigenvalue weighted by atomic mass is 9.89. The molecule has 1 aliphatic carbocycles. The first-order valence-electron chi connectivity index (χ1n) is 6.90. The number of hydrogen-bond acceptors (Lipinski definition) is 3. The van der Waals surface area contributed by atoms with Crippen molar-refractivity contribution in [3.63, 3.8) is 0 Å². The molecule has 0 saturated carbocycles. The van der Waals surface area contributed by atoms with Crippen LogP contribution >= 0.6 is 0 Å². The molecule has 1 aromatic rings. The molecular weight excluding hydrogens is 254 g/mol. The number of ether oxygens (including phenoxy) is 1. The molecule has 2 atom stereocenters. The van der Waals surface area contributed by atoms with Crippen LogP contribution in [0.25, 0.3) is 0 Å². The summed E-state index contributed by atoms with van der Waals surface area (Å²) in [5.74, 6) is -0.692. The first kappa shape index (κ1) is 14.3. The van der Waals surface area contributed by atoms with Crippen molar-refractivity contribution in [3.05, 3.63) is 48.0 Å². The predicted molar refractivity (Wildman–Crippen MR) is 76.2 cm³/mol. The largest absolute Gasteiger partial charge is 0.466 e. The van der Waals surface area contributed by atoms with Gasteiger partial charge >= 0.3 is 5.97 Å². The van der Waals surface area contributed by atoms with Gasteiger partial charge in [0, 0.05) is 11.6 Å². The van der Waals surface area contributed by atoms with Gasteiger partial charge < -0.3 is 10.1 Å². The molecule has 1 amide bonds. The van der Waals surface area contributed by atoms with Crippen molar-refractivity contribution in [1.29, 1.82) is 0 Å². The molecule has 0 saturated heterocycles. The van der Waals surface area contributed by atoms with Crippen LogP contribution in [0.4, 0.5) is 0 Å². The molecule has 0 heterocycles. The van der Waals surface area contributed by atoms with Gasteiger partial charge in [-0.3, -0.25) is 9.59 Å². The first-order valence-corrected chi connectivity index (χ1v) is 6.90. The Bertz CT molecular complexity index is 496. The van der Waals surface area contributed by atoms with E-state index in [1.807, 2.05) is 30.4 Å². The quantitative estimate of drug-likeness (QED) is 0.676. The molecule has 0 aliphatic heterocycles. The number of rotatable bonds is 4. The van der Waals surface area contributed by atoms with Gasteiger partial charge in [-0.2, -0.15) is 0 Å². The Morgan fingerprint density at radius 3 is 2.60 bits per heavy atom. The highest BCUT2D eigenvalue weighted by molar-refractivity contribution is 5.94. The first-order chi connectivity index (χ1) is 9.72. The number of hydrogen-bond donors (Lipinski definition) is 1. The average molecular weight is 273 g/mol. The van der Waals surface area contributed by atoms with Crippen molar-refractivity contribution in [2.75, 3.05) is 6.61 Å². The summed E-state index contributed by atoms with van der Waals surface area (Å²) in [7, 11) is 0. The van der Waals surface area contributed by atoms with Crippen LogP contribution < -0.4 is 5.32 Å². The summed E-state index contributed by atoms with van der Waals surface area (Å²) in [6.07, 6.45) is 5.22. The number of amides is 1. The molecule has 1 aliphatic rings. The Hall–Kier alpha value is -2.10. The number of carbonyl (C=O) groups excluding carboxylic acids is 2. The molecular formula is C16H19NO3. The van der Waals surface area contributed by atoms with Crippen LogP contribution in [0, 0.1) is 5.92 Å². The van der Waals surface area contributed by atoms with Crippen molar-refractivity contribution >= 4 is 11.9 Å². The Morgan fingerprint density at radius 2 is 1.90 bits per heavy atom. The van der Waals surface area contributed by atoms with Gasteiger partial charge in [0.2, 0.25) is 0 Å².